The van der Waals surface area contributed by atoms with Crippen molar-refractivity contribution in [3.8, 4) is 0 Å². The number of likely N-dealkylation sites (N-methyl/N-ethyl adjacent to an activating group) is 1. The van der Waals surface area contributed by atoms with Crippen LogP contribution in [0.15, 0.2) is 42.6 Å². The zero-order chi connectivity index (χ0) is 16.9. The lowest BCUT2D eigenvalue weighted by molar-refractivity contribution is 0.0951. The number of halogens is 1. The Labute approximate surface area is 147 Å². The molecule has 6 heteroatoms. The van der Waals surface area contributed by atoms with Crippen LogP contribution in [0.1, 0.15) is 15.9 Å². The molecular formula is C18H21ClN4O. The van der Waals surface area contributed by atoms with E-state index in [1.807, 2.05) is 18.3 Å². The number of rotatable bonds is 4. The van der Waals surface area contributed by atoms with Crippen LogP contribution in [-0.4, -0.2) is 49.0 Å². The van der Waals surface area contributed by atoms with Gasteiger partial charge in [-0.1, -0.05) is 29.8 Å². The third-order valence-electron chi connectivity index (χ3n) is 4.21. The minimum absolute atomic E-state index is 0.177. The van der Waals surface area contributed by atoms with E-state index in [1.54, 1.807) is 24.3 Å². The fourth-order valence-corrected chi connectivity index (χ4v) is 2.89. The van der Waals surface area contributed by atoms with Gasteiger partial charge in [-0.2, -0.15) is 0 Å². The molecule has 0 aliphatic carbocycles. The van der Waals surface area contributed by atoms with Crippen molar-refractivity contribution >= 4 is 23.3 Å². The van der Waals surface area contributed by atoms with Gasteiger partial charge in [-0.15, -0.1) is 0 Å². The number of piperazine rings is 1. The largest absolute Gasteiger partial charge is 0.354 e. The molecule has 1 aromatic heterocycles. The summed E-state index contributed by atoms with van der Waals surface area (Å²) in [4.78, 5) is 21.3. The van der Waals surface area contributed by atoms with Crippen molar-refractivity contribution in [3.63, 3.8) is 0 Å². The molecule has 24 heavy (non-hydrogen) atoms. The summed E-state index contributed by atoms with van der Waals surface area (Å²) in [6.45, 7) is 4.52. The molecule has 0 atom stereocenters. The highest BCUT2D eigenvalue weighted by Crippen LogP contribution is 2.16. The average Bonchev–Trinajstić information content (AvgIpc) is 2.61. The standard InChI is InChI=1S/C18H21ClN4O/c1-22-8-10-23(11-9-22)17-7-6-14(12-20-17)13-21-18(24)15-4-2-3-5-16(15)19/h2-7,12H,8-11,13H2,1H3,(H,21,24). The van der Waals surface area contributed by atoms with Gasteiger partial charge in [0.2, 0.25) is 0 Å². The Kier molecular flexibility index (Phi) is 5.33. The fraction of sp³-hybridized carbons (Fsp3) is 0.333. The second-order valence-electron chi connectivity index (χ2n) is 5.98. The average molecular weight is 345 g/mol. The van der Waals surface area contributed by atoms with E-state index in [9.17, 15) is 4.79 Å². The normalized spacial score (nSPS) is 15.3. The van der Waals surface area contributed by atoms with Crippen LogP contribution in [0.25, 0.3) is 0 Å². The molecule has 1 fully saturated rings. The Morgan fingerprint density at radius 2 is 1.92 bits per heavy atom. The van der Waals surface area contributed by atoms with Gasteiger partial charge in [-0.3, -0.25) is 4.79 Å². The van der Waals surface area contributed by atoms with Gasteiger partial charge < -0.3 is 15.1 Å². The van der Waals surface area contributed by atoms with E-state index < -0.39 is 0 Å². The molecule has 1 saturated heterocycles. The number of anilines is 1. The predicted molar refractivity (Wildman–Crippen MR) is 96.6 cm³/mol. The van der Waals surface area contributed by atoms with E-state index in [0.717, 1.165) is 37.6 Å². The van der Waals surface area contributed by atoms with Gasteiger partial charge in [0, 0.05) is 38.9 Å². The number of benzene rings is 1. The summed E-state index contributed by atoms with van der Waals surface area (Å²) in [6.07, 6.45) is 1.82. The molecule has 0 bridgehead atoms. The number of aromatic nitrogens is 1. The highest BCUT2D eigenvalue weighted by atomic mass is 35.5. The number of hydrogen-bond acceptors (Lipinski definition) is 4. The zero-order valence-electron chi connectivity index (χ0n) is 13.7. The lowest BCUT2D eigenvalue weighted by Gasteiger charge is -2.33. The van der Waals surface area contributed by atoms with Crippen LogP contribution in [-0.2, 0) is 6.54 Å². The molecule has 3 rings (SSSR count). The second-order valence-corrected chi connectivity index (χ2v) is 6.38. The number of carbonyl (C=O) groups is 1. The van der Waals surface area contributed by atoms with Crippen LogP contribution < -0.4 is 10.2 Å². The molecule has 1 amide bonds. The number of amides is 1. The minimum Gasteiger partial charge on any atom is -0.354 e. The highest BCUT2D eigenvalue weighted by molar-refractivity contribution is 6.33. The molecule has 1 aromatic carbocycles. The Morgan fingerprint density at radius 3 is 2.58 bits per heavy atom. The third kappa shape index (κ3) is 4.04. The van der Waals surface area contributed by atoms with Gasteiger partial charge in [-0.05, 0) is 30.8 Å². The lowest BCUT2D eigenvalue weighted by atomic mass is 10.2. The summed E-state index contributed by atoms with van der Waals surface area (Å²) in [5.41, 5.74) is 1.45. The molecule has 2 heterocycles. The molecule has 0 unspecified atom stereocenters. The van der Waals surface area contributed by atoms with Gasteiger partial charge in [0.05, 0.1) is 10.6 Å². The number of nitrogens with one attached hydrogen (secondary N) is 1. The van der Waals surface area contributed by atoms with Crippen LogP contribution >= 0.6 is 11.6 Å². The van der Waals surface area contributed by atoms with E-state index >= 15 is 0 Å². The van der Waals surface area contributed by atoms with Gasteiger partial charge in [-0.25, -0.2) is 4.98 Å². The van der Waals surface area contributed by atoms with Gasteiger partial charge >= 0.3 is 0 Å². The van der Waals surface area contributed by atoms with Gasteiger partial charge in [0.15, 0.2) is 0 Å². The van der Waals surface area contributed by atoms with E-state index in [-0.39, 0.29) is 5.91 Å². The molecule has 1 aliphatic heterocycles. The molecule has 126 valence electrons. The first-order valence-electron chi connectivity index (χ1n) is 8.04. The number of nitrogens with zero attached hydrogens (tertiary/aromatic N) is 3. The minimum atomic E-state index is -0.177. The molecule has 0 radical (unpaired) electrons. The fourth-order valence-electron chi connectivity index (χ4n) is 2.67. The maximum atomic E-state index is 12.2. The van der Waals surface area contributed by atoms with E-state index in [2.05, 4.69) is 27.1 Å². The monoisotopic (exact) mass is 344 g/mol. The van der Waals surface area contributed by atoms with Crippen LogP contribution in [0.3, 0.4) is 0 Å². The number of carbonyl (C=O) groups excluding carboxylic acids is 1. The summed E-state index contributed by atoms with van der Waals surface area (Å²) in [5, 5.41) is 3.33. The smallest absolute Gasteiger partial charge is 0.253 e. The summed E-state index contributed by atoms with van der Waals surface area (Å²) in [5.74, 6) is 0.813. The lowest BCUT2D eigenvalue weighted by Crippen LogP contribution is -2.44. The maximum Gasteiger partial charge on any atom is 0.253 e. The zero-order valence-corrected chi connectivity index (χ0v) is 14.5. The summed E-state index contributed by atoms with van der Waals surface area (Å²) >= 11 is 6.04. The predicted octanol–water partition coefficient (Wildman–Crippen LogP) is 2.42. The van der Waals surface area contributed by atoms with Crippen molar-refractivity contribution in [1.82, 2.24) is 15.2 Å². The van der Waals surface area contributed by atoms with Crippen LogP contribution in [0.2, 0.25) is 5.02 Å². The topological polar surface area (TPSA) is 48.5 Å². The maximum absolute atomic E-state index is 12.2. The highest BCUT2D eigenvalue weighted by Gasteiger charge is 2.15. The van der Waals surface area contributed by atoms with E-state index in [0.29, 0.717) is 17.1 Å². The first-order chi connectivity index (χ1) is 11.6. The summed E-state index contributed by atoms with van der Waals surface area (Å²) < 4.78 is 0. The third-order valence-corrected chi connectivity index (χ3v) is 4.54. The Bertz CT molecular complexity index is 696. The number of hydrogen-bond donors (Lipinski definition) is 1. The molecule has 0 spiro atoms. The molecule has 5 nitrogen and oxygen atoms in total. The SMILES string of the molecule is CN1CCN(c2ccc(CNC(=O)c3ccccc3Cl)cn2)CC1. The summed E-state index contributed by atoms with van der Waals surface area (Å²) in [6, 6.07) is 11.1. The van der Waals surface area contributed by atoms with Crippen molar-refractivity contribution in [1.29, 1.82) is 0 Å². The number of pyridine rings is 1. The first-order valence-corrected chi connectivity index (χ1v) is 8.42. The van der Waals surface area contributed by atoms with Crippen LogP contribution in [0.5, 0.6) is 0 Å². The molecule has 1 N–H and O–H groups in total. The van der Waals surface area contributed by atoms with Gasteiger partial charge in [0.1, 0.15) is 5.82 Å². The van der Waals surface area contributed by atoms with E-state index in [4.69, 9.17) is 11.6 Å². The van der Waals surface area contributed by atoms with E-state index in [1.165, 1.54) is 0 Å². The second kappa shape index (κ2) is 7.64. The Morgan fingerprint density at radius 1 is 1.17 bits per heavy atom. The van der Waals surface area contributed by atoms with Crippen molar-refractivity contribution < 1.29 is 4.79 Å². The van der Waals surface area contributed by atoms with Crippen LogP contribution in [0.4, 0.5) is 5.82 Å². The van der Waals surface area contributed by atoms with Crippen molar-refractivity contribution in [2.24, 2.45) is 0 Å². The van der Waals surface area contributed by atoms with Crippen molar-refractivity contribution in [2.45, 2.75) is 6.54 Å². The first kappa shape index (κ1) is 16.7. The molecular weight excluding hydrogens is 324 g/mol. The molecule has 0 saturated carbocycles. The van der Waals surface area contributed by atoms with Crippen molar-refractivity contribution in [3.05, 3.63) is 58.7 Å². The molecule has 2 aromatic rings. The Balaban J connectivity index is 1.57. The van der Waals surface area contributed by atoms with Gasteiger partial charge in [0.25, 0.3) is 5.91 Å². The summed E-state index contributed by atoms with van der Waals surface area (Å²) in [7, 11) is 2.13. The van der Waals surface area contributed by atoms with Crippen molar-refractivity contribution in [2.75, 3.05) is 38.1 Å². The quantitative estimate of drug-likeness (QED) is 0.925. The van der Waals surface area contributed by atoms with Crippen LogP contribution in [0, 0.1) is 0 Å². The Hall–Kier alpha value is -2.11. The molecule has 1 aliphatic rings.